The number of aliphatic hydroxyl groups excluding tert-OH is 1. The first-order valence-electron chi connectivity index (χ1n) is 8.54. The standard InChI is InChI=1S/C19H25N3O3/c1-13-4-5-18(14(2)8-13)25-11-15(23)9-22-7-6-17-16(10-22)19(24-3)21-12-20-17/h4-5,8,12,15,23H,6-7,9-11H2,1-3H3. The minimum Gasteiger partial charge on any atom is -0.491 e. The van der Waals surface area contributed by atoms with E-state index in [1.54, 1.807) is 13.4 Å². The van der Waals surface area contributed by atoms with Crippen LogP contribution in [0.25, 0.3) is 0 Å². The van der Waals surface area contributed by atoms with E-state index in [1.165, 1.54) is 5.56 Å². The van der Waals surface area contributed by atoms with Gasteiger partial charge in [-0.2, -0.15) is 0 Å². The van der Waals surface area contributed by atoms with E-state index in [1.807, 2.05) is 19.1 Å². The Labute approximate surface area is 148 Å². The minimum absolute atomic E-state index is 0.273. The van der Waals surface area contributed by atoms with Gasteiger partial charge in [0, 0.05) is 31.6 Å². The van der Waals surface area contributed by atoms with E-state index in [-0.39, 0.29) is 6.61 Å². The van der Waals surface area contributed by atoms with Crippen molar-refractivity contribution < 1.29 is 14.6 Å². The Morgan fingerprint density at radius 1 is 1.28 bits per heavy atom. The van der Waals surface area contributed by atoms with Gasteiger partial charge in [-0.05, 0) is 25.5 Å². The lowest BCUT2D eigenvalue weighted by molar-refractivity contribution is 0.0628. The lowest BCUT2D eigenvalue weighted by atomic mass is 10.1. The number of rotatable bonds is 6. The molecule has 0 amide bonds. The van der Waals surface area contributed by atoms with E-state index in [9.17, 15) is 5.11 Å². The molecular formula is C19H25N3O3. The predicted octanol–water partition coefficient (Wildman–Crippen LogP) is 1.90. The van der Waals surface area contributed by atoms with E-state index in [0.717, 1.165) is 35.5 Å². The lowest BCUT2D eigenvalue weighted by Gasteiger charge is -2.30. The lowest BCUT2D eigenvalue weighted by Crippen LogP contribution is -2.39. The zero-order valence-corrected chi connectivity index (χ0v) is 15.0. The fourth-order valence-electron chi connectivity index (χ4n) is 3.20. The second kappa shape index (κ2) is 7.80. The van der Waals surface area contributed by atoms with Gasteiger partial charge < -0.3 is 14.6 Å². The number of β-amino-alcohol motifs (C(OH)–C–C–N with tert-alkyl or cyclic N) is 1. The van der Waals surface area contributed by atoms with Crippen LogP contribution in [0.4, 0.5) is 0 Å². The van der Waals surface area contributed by atoms with Crippen LogP contribution in [-0.4, -0.2) is 52.9 Å². The molecule has 1 unspecified atom stereocenters. The largest absolute Gasteiger partial charge is 0.491 e. The Bertz CT molecular complexity index is 722. The first-order chi connectivity index (χ1) is 12.1. The second-order valence-electron chi connectivity index (χ2n) is 6.53. The molecule has 0 spiro atoms. The van der Waals surface area contributed by atoms with Crippen LogP contribution in [0.15, 0.2) is 24.5 Å². The quantitative estimate of drug-likeness (QED) is 0.864. The van der Waals surface area contributed by atoms with Crippen LogP contribution in [0.3, 0.4) is 0 Å². The smallest absolute Gasteiger partial charge is 0.220 e. The van der Waals surface area contributed by atoms with Crippen LogP contribution >= 0.6 is 0 Å². The molecule has 1 atom stereocenters. The fraction of sp³-hybridized carbons (Fsp3) is 0.474. The summed E-state index contributed by atoms with van der Waals surface area (Å²) in [5.41, 5.74) is 4.33. The van der Waals surface area contributed by atoms with Gasteiger partial charge in [0.1, 0.15) is 24.8 Å². The number of ether oxygens (including phenoxy) is 2. The van der Waals surface area contributed by atoms with Crippen molar-refractivity contribution in [1.82, 2.24) is 14.9 Å². The number of hydrogen-bond acceptors (Lipinski definition) is 6. The van der Waals surface area contributed by atoms with Crippen molar-refractivity contribution >= 4 is 0 Å². The molecule has 0 fully saturated rings. The summed E-state index contributed by atoms with van der Waals surface area (Å²) in [7, 11) is 1.62. The van der Waals surface area contributed by atoms with Crippen LogP contribution in [-0.2, 0) is 13.0 Å². The van der Waals surface area contributed by atoms with Crippen molar-refractivity contribution in [2.45, 2.75) is 32.9 Å². The molecule has 1 N–H and O–H groups in total. The molecule has 134 valence electrons. The average molecular weight is 343 g/mol. The Balaban J connectivity index is 1.56. The molecule has 0 saturated carbocycles. The molecule has 1 aromatic heterocycles. The zero-order valence-electron chi connectivity index (χ0n) is 15.0. The highest BCUT2D eigenvalue weighted by atomic mass is 16.5. The van der Waals surface area contributed by atoms with Crippen molar-refractivity contribution in [2.24, 2.45) is 0 Å². The molecule has 0 saturated heterocycles. The number of hydrogen-bond donors (Lipinski definition) is 1. The number of benzene rings is 1. The Morgan fingerprint density at radius 3 is 2.88 bits per heavy atom. The molecule has 0 aliphatic carbocycles. The molecule has 2 aromatic rings. The van der Waals surface area contributed by atoms with Crippen LogP contribution in [0.1, 0.15) is 22.4 Å². The topological polar surface area (TPSA) is 67.7 Å². The highest BCUT2D eigenvalue weighted by Gasteiger charge is 2.23. The van der Waals surface area contributed by atoms with Gasteiger partial charge in [0.2, 0.25) is 5.88 Å². The van der Waals surface area contributed by atoms with Gasteiger partial charge in [-0.15, -0.1) is 0 Å². The summed E-state index contributed by atoms with van der Waals surface area (Å²) in [6.07, 6.45) is 1.82. The Hall–Kier alpha value is -2.18. The van der Waals surface area contributed by atoms with Crippen molar-refractivity contribution in [3.05, 3.63) is 46.9 Å². The Kier molecular flexibility index (Phi) is 5.50. The predicted molar refractivity (Wildman–Crippen MR) is 95.0 cm³/mol. The van der Waals surface area contributed by atoms with Crippen molar-refractivity contribution in [3.63, 3.8) is 0 Å². The molecule has 0 radical (unpaired) electrons. The summed E-state index contributed by atoms with van der Waals surface area (Å²) in [4.78, 5) is 10.7. The fourth-order valence-corrected chi connectivity index (χ4v) is 3.20. The molecule has 3 rings (SSSR count). The van der Waals surface area contributed by atoms with E-state index in [2.05, 4.69) is 27.9 Å². The molecule has 6 heteroatoms. The van der Waals surface area contributed by atoms with Gasteiger partial charge in [0.25, 0.3) is 0 Å². The normalized spacial score (nSPS) is 15.5. The number of methoxy groups -OCH3 is 1. The van der Waals surface area contributed by atoms with Gasteiger partial charge in [-0.3, -0.25) is 4.90 Å². The van der Waals surface area contributed by atoms with Gasteiger partial charge >= 0.3 is 0 Å². The molecule has 1 aliphatic heterocycles. The van der Waals surface area contributed by atoms with Gasteiger partial charge in [-0.25, -0.2) is 9.97 Å². The zero-order chi connectivity index (χ0) is 17.8. The average Bonchev–Trinajstić information content (AvgIpc) is 2.60. The van der Waals surface area contributed by atoms with Gasteiger partial charge in [0.15, 0.2) is 0 Å². The first-order valence-corrected chi connectivity index (χ1v) is 8.54. The van der Waals surface area contributed by atoms with Crippen molar-refractivity contribution in [2.75, 3.05) is 26.8 Å². The maximum atomic E-state index is 10.4. The summed E-state index contributed by atoms with van der Waals surface area (Å²) in [5, 5.41) is 10.4. The highest BCUT2D eigenvalue weighted by Crippen LogP contribution is 2.24. The molecular weight excluding hydrogens is 318 g/mol. The van der Waals surface area contributed by atoms with E-state index >= 15 is 0 Å². The summed E-state index contributed by atoms with van der Waals surface area (Å²) in [5.74, 6) is 1.44. The molecule has 1 aliphatic rings. The third-order valence-electron chi connectivity index (χ3n) is 4.47. The maximum absolute atomic E-state index is 10.4. The van der Waals surface area contributed by atoms with Crippen LogP contribution in [0.2, 0.25) is 0 Å². The molecule has 6 nitrogen and oxygen atoms in total. The van der Waals surface area contributed by atoms with Crippen molar-refractivity contribution in [3.8, 4) is 11.6 Å². The Morgan fingerprint density at radius 2 is 2.12 bits per heavy atom. The molecule has 0 bridgehead atoms. The van der Waals surface area contributed by atoms with Crippen molar-refractivity contribution in [1.29, 1.82) is 0 Å². The highest BCUT2D eigenvalue weighted by molar-refractivity contribution is 5.35. The second-order valence-corrected chi connectivity index (χ2v) is 6.53. The summed E-state index contributed by atoms with van der Waals surface area (Å²) in [6, 6.07) is 6.05. The summed E-state index contributed by atoms with van der Waals surface area (Å²) >= 11 is 0. The van der Waals surface area contributed by atoms with E-state index in [0.29, 0.717) is 19.0 Å². The third-order valence-corrected chi connectivity index (χ3v) is 4.47. The molecule has 25 heavy (non-hydrogen) atoms. The number of aliphatic hydroxyl groups is 1. The minimum atomic E-state index is -0.558. The molecule has 2 heterocycles. The number of nitrogens with zero attached hydrogens (tertiary/aromatic N) is 3. The number of aryl methyl sites for hydroxylation is 2. The number of aromatic nitrogens is 2. The first kappa shape index (κ1) is 17.6. The SMILES string of the molecule is COc1ncnc2c1CN(CC(O)COc1ccc(C)cc1C)CC2. The monoisotopic (exact) mass is 343 g/mol. The maximum Gasteiger partial charge on any atom is 0.220 e. The third kappa shape index (κ3) is 4.27. The van der Waals surface area contributed by atoms with Crippen LogP contribution in [0.5, 0.6) is 11.6 Å². The summed E-state index contributed by atoms with van der Waals surface area (Å²) in [6.45, 7) is 6.42. The molecule has 1 aromatic carbocycles. The van der Waals surface area contributed by atoms with E-state index in [4.69, 9.17) is 9.47 Å². The van der Waals surface area contributed by atoms with Gasteiger partial charge in [-0.1, -0.05) is 17.7 Å². The van der Waals surface area contributed by atoms with E-state index < -0.39 is 6.10 Å². The number of fused-ring (bicyclic) bond motifs is 1. The summed E-state index contributed by atoms with van der Waals surface area (Å²) < 4.78 is 11.1. The van der Waals surface area contributed by atoms with Gasteiger partial charge in [0.05, 0.1) is 12.8 Å². The van der Waals surface area contributed by atoms with Crippen LogP contribution in [0, 0.1) is 13.8 Å². The van der Waals surface area contributed by atoms with Crippen LogP contribution < -0.4 is 9.47 Å².